The molecule has 2 aromatic carbocycles. The maximum Gasteiger partial charge on any atom is 0.243 e. The Morgan fingerprint density at radius 1 is 1.18 bits per heavy atom. The van der Waals surface area contributed by atoms with E-state index < -0.39 is 11.7 Å². The number of aromatic nitrogens is 2. The summed E-state index contributed by atoms with van der Waals surface area (Å²) < 4.78 is 19.1. The third-order valence-corrected chi connectivity index (χ3v) is 4.27. The van der Waals surface area contributed by atoms with E-state index in [4.69, 9.17) is 21.5 Å². The van der Waals surface area contributed by atoms with Gasteiger partial charge in [0.1, 0.15) is 23.7 Å². The Morgan fingerprint density at radius 3 is 2.82 bits per heavy atom. The first kappa shape index (κ1) is 19.8. The molecule has 7 nitrogen and oxygen atoms in total. The zero-order valence-corrected chi connectivity index (χ0v) is 15.5. The summed E-state index contributed by atoms with van der Waals surface area (Å²) >= 11 is 5.83. The fourth-order valence-electron chi connectivity index (χ4n) is 2.57. The number of nitrogens with zero attached hydrogens (tertiary/aromatic N) is 2. The third kappa shape index (κ3) is 5.05. The number of nitrogens with one attached hydrogen (secondary N) is 2. The predicted molar refractivity (Wildman–Crippen MR) is 104 cm³/mol. The lowest BCUT2D eigenvalue weighted by Gasteiger charge is -2.11. The van der Waals surface area contributed by atoms with Gasteiger partial charge in [0, 0.05) is 17.5 Å². The van der Waals surface area contributed by atoms with Crippen LogP contribution in [0.4, 0.5) is 15.9 Å². The number of rotatable bonds is 8. The molecule has 0 radical (unpaired) electrons. The van der Waals surface area contributed by atoms with Crippen molar-refractivity contribution in [3.05, 3.63) is 53.6 Å². The predicted octanol–water partition coefficient (Wildman–Crippen LogP) is 4.22. The summed E-state index contributed by atoms with van der Waals surface area (Å²) in [6, 6.07) is 9.75. The second-order valence-corrected chi connectivity index (χ2v) is 6.40. The smallest absolute Gasteiger partial charge is 0.243 e. The second-order valence-electron chi connectivity index (χ2n) is 6.00. The molecule has 0 bridgehead atoms. The molecule has 3 rings (SSSR count). The fraction of sp³-hybridized carbons (Fsp3) is 0.211. The van der Waals surface area contributed by atoms with E-state index in [0.29, 0.717) is 36.7 Å². The van der Waals surface area contributed by atoms with Crippen LogP contribution in [0, 0.1) is 5.82 Å². The van der Waals surface area contributed by atoms with Crippen LogP contribution < -0.4 is 15.5 Å². The second kappa shape index (κ2) is 9.29. The Balaban J connectivity index is 1.70. The van der Waals surface area contributed by atoms with Gasteiger partial charge in [0.25, 0.3) is 0 Å². The number of amides is 1. The van der Waals surface area contributed by atoms with Crippen molar-refractivity contribution in [1.29, 1.82) is 0 Å². The molecule has 3 aromatic rings. The summed E-state index contributed by atoms with van der Waals surface area (Å²) in [7, 11) is 0. The summed E-state index contributed by atoms with van der Waals surface area (Å²) in [5, 5.41) is 12.3. The van der Waals surface area contributed by atoms with Crippen LogP contribution in [0.25, 0.3) is 10.9 Å². The van der Waals surface area contributed by atoms with E-state index in [1.165, 1.54) is 18.5 Å². The zero-order valence-electron chi connectivity index (χ0n) is 14.8. The van der Waals surface area contributed by atoms with Crippen molar-refractivity contribution >= 4 is 39.9 Å². The fourth-order valence-corrected chi connectivity index (χ4v) is 2.75. The highest BCUT2D eigenvalue weighted by molar-refractivity contribution is 6.31. The van der Waals surface area contributed by atoms with Gasteiger partial charge >= 0.3 is 0 Å². The molecule has 0 atom stereocenters. The largest absolute Gasteiger partial charge is 0.494 e. The summed E-state index contributed by atoms with van der Waals surface area (Å²) in [5.74, 6) is 0.262. The SMILES string of the molecule is O=C(CCCCOc1ccc2ncnc(Nc3ccc(F)c(Cl)c3)c2c1)NO. The normalized spacial score (nSPS) is 10.7. The molecule has 1 aromatic heterocycles. The molecular formula is C19H18ClFN4O3. The van der Waals surface area contributed by atoms with Crippen molar-refractivity contribution in [3.8, 4) is 5.75 Å². The van der Waals surface area contributed by atoms with Crippen molar-refractivity contribution in [2.75, 3.05) is 11.9 Å². The number of hydrogen-bond acceptors (Lipinski definition) is 6. The maximum atomic E-state index is 13.3. The van der Waals surface area contributed by atoms with Gasteiger partial charge in [-0.25, -0.2) is 19.8 Å². The number of hydrogen-bond donors (Lipinski definition) is 3. The highest BCUT2D eigenvalue weighted by Crippen LogP contribution is 2.28. The van der Waals surface area contributed by atoms with Crippen molar-refractivity contribution in [2.45, 2.75) is 19.3 Å². The van der Waals surface area contributed by atoms with Gasteiger partial charge in [-0.1, -0.05) is 11.6 Å². The number of benzene rings is 2. The highest BCUT2D eigenvalue weighted by atomic mass is 35.5. The van der Waals surface area contributed by atoms with Crippen LogP contribution >= 0.6 is 11.6 Å². The number of hydroxylamine groups is 1. The van der Waals surface area contributed by atoms with E-state index in [-0.39, 0.29) is 11.4 Å². The molecular weight excluding hydrogens is 387 g/mol. The van der Waals surface area contributed by atoms with Crippen molar-refractivity contribution in [2.24, 2.45) is 0 Å². The summed E-state index contributed by atoms with van der Waals surface area (Å²) in [6.07, 6.45) is 2.93. The Labute approximate surface area is 165 Å². The lowest BCUT2D eigenvalue weighted by molar-refractivity contribution is -0.129. The Morgan fingerprint density at radius 2 is 2.04 bits per heavy atom. The van der Waals surface area contributed by atoms with Gasteiger partial charge < -0.3 is 10.1 Å². The summed E-state index contributed by atoms with van der Waals surface area (Å²) in [6.45, 7) is 0.425. The highest BCUT2D eigenvalue weighted by Gasteiger charge is 2.08. The number of carbonyl (C=O) groups is 1. The van der Waals surface area contributed by atoms with Crippen LogP contribution in [-0.4, -0.2) is 27.7 Å². The lowest BCUT2D eigenvalue weighted by atomic mass is 10.2. The summed E-state index contributed by atoms with van der Waals surface area (Å²) in [5.41, 5.74) is 2.91. The average molecular weight is 405 g/mol. The van der Waals surface area contributed by atoms with Crippen LogP contribution in [0.15, 0.2) is 42.7 Å². The number of halogens is 2. The van der Waals surface area contributed by atoms with Gasteiger partial charge in [0.15, 0.2) is 0 Å². The van der Waals surface area contributed by atoms with Gasteiger partial charge in [-0.2, -0.15) is 0 Å². The minimum atomic E-state index is -0.494. The van der Waals surface area contributed by atoms with E-state index in [9.17, 15) is 9.18 Å². The maximum absolute atomic E-state index is 13.3. The minimum absolute atomic E-state index is 0.0160. The first-order chi connectivity index (χ1) is 13.6. The van der Waals surface area contributed by atoms with Gasteiger partial charge in [-0.05, 0) is 49.2 Å². The molecule has 3 N–H and O–H groups in total. The van der Waals surface area contributed by atoms with Crippen LogP contribution in [-0.2, 0) is 4.79 Å². The van der Waals surface area contributed by atoms with Gasteiger partial charge in [0.05, 0.1) is 17.1 Å². The molecule has 0 saturated heterocycles. The molecule has 0 fully saturated rings. The molecule has 1 amide bonds. The molecule has 0 unspecified atom stereocenters. The number of anilines is 2. The van der Waals surface area contributed by atoms with E-state index in [1.807, 2.05) is 12.1 Å². The monoisotopic (exact) mass is 404 g/mol. The van der Waals surface area contributed by atoms with Crippen molar-refractivity contribution in [3.63, 3.8) is 0 Å². The number of ether oxygens (including phenoxy) is 1. The van der Waals surface area contributed by atoms with E-state index in [1.54, 1.807) is 17.6 Å². The van der Waals surface area contributed by atoms with Gasteiger partial charge in [-0.3, -0.25) is 10.0 Å². The molecule has 0 aliphatic rings. The van der Waals surface area contributed by atoms with Crippen molar-refractivity contribution in [1.82, 2.24) is 15.4 Å². The Kier molecular flexibility index (Phi) is 6.57. The first-order valence-corrected chi connectivity index (χ1v) is 8.97. The molecule has 0 aliphatic heterocycles. The number of unbranched alkanes of at least 4 members (excludes halogenated alkanes) is 1. The Bertz CT molecular complexity index is 987. The first-order valence-electron chi connectivity index (χ1n) is 8.59. The summed E-state index contributed by atoms with van der Waals surface area (Å²) in [4.78, 5) is 19.5. The number of fused-ring (bicyclic) bond motifs is 1. The molecule has 146 valence electrons. The zero-order chi connectivity index (χ0) is 19.9. The lowest BCUT2D eigenvalue weighted by Crippen LogP contribution is -2.18. The molecule has 0 saturated carbocycles. The van der Waals surface area contributed by atoms with E-state index >= 15 is 0 Å². The molecule has 0 aliphatic carbocycles. The van der Waals surface area contributed by atoms with E-state index in [0.717, 1.165) is 10.9 Å². The standard InChI is InChI=1S/C19H18ClFN4O3/c20-15-9-12(4-6-16(15)21)24-19-14-10-13(5-7-17(14)22-11-23-19)28-8-2-1-3-18(26)25-27/h4-7,9-11,27H,1-3,8H2,(H,25,26)(H,22,23,24). The van der Waals surface area contributed by atoms with Crippen LogP contribution in [0.2, 0.25) is 5.02 Å². The molecule has 1 heterocycles. The number of carbonyl (C=O) groups excluding carboxylic acids is 1. The van der Waals surface area contributed by atoms with Crippen molar-refractivity contribution < 1.29 is 19.1 Å². The minimum Gasteiger partial charge on any atom is -0.494 e. The van der Waals surface area contributed by atoms with Crippen LogP contribution in [0.3, 0.4) is 0 Å². The van der Waals surface area contributed by atoms with Crippen LogP contribution in [0.5, 0.6) is 5.75 Å². The van der Waals surface area contributed by atoms with Crippen LogP contribution in [0.1, 0.15) is 19.3 Å². The molecule has 0 spiro atoms. The molecule has 9 heteroatoms. The van der Waals surface area contributed by atoms with Gasteiger partial charge in [-0.15, -0.1) is 0 Å². The topological polar surface area (TPSA) is 96.4 Å². The third-order valence-electron chi connectivity index (χ3n) is 3.98. The average Bonchev–Trinajstić information content (AvgIpc) is 2.70. The van der Waals surface area contributed by atoms with Gasteiger partial charge in [0.2, 0.25) is 5.91 Å². The molecule has 28 heavy (non-hydrogen) atoms. The Hall–Kier alpha value is -2.97. The van der Waals surface area contributed by atoms with E-state index in [2.05, 4.69) is 15.3 Å². The quantitative estimate of drug-likeness (QED) is 0.295.